The molecule has 1 aromatic carbocycles. The number of nitro benzene ring substituents is 1. The molecule has 0 radical (unpaired) electrons. The van der Waals surface area contributed by atoms with Crippen LogP contribution >= 0.6 is 0 Å². The predicted molar refractivity (Wildman–Crippen MR) is 66.6 cm³/mol. The van der Waals surface area contributed by atoms with Crippen LogP contribution in [0.25, 0.3) is 0 Å². The fourth-order valence-electron chi connectivity index (χ4n) is 1.37. The zero-order chi connectivity index (χ0) is 12.8. The molecule has 94 valence electrons. The molecule has 0 aliphatic heterocycles. The zero-order valence-corrected chi connectivity index (χ0v) is 10.2. The molecule has 0 saturated carbocycles. The summed E-state index contributed by atoms with van der Waals surface area (Å²) >= 11 is 0. The lowest BCUT2D eigenvalue weighted by Gasteiger charge is -2.07. The van der Waals surface area contributed by atoms with Crippen LogP contribution in [0.15, 0.2) is 18.2 Å². The average Bonchev–Trinajstić information content (AvgIpc) is 2.23. The van der Waals surface area contributed by atoms with Crippen molar-refractivity contribution in [1.29, 1.82) is 0 Å². The van der Waals surface area contributed by atoms with Crippen LogP contribution in [0.5, 0.6) is 0 Å². The monoisotopic (exact) mass is 238 g/mol. The Morgan fingerprint density at radius 3 is 2.71 bits per heavy atom. The van der Waals surface area contributed by atoms with Gasteiger partial charge < -0.3 is 10.5 Å². The van der Waals surface area contributed by atoms with Gasteiger partial charge in [-0.15, -0.1) is 0 Å². The maximum absolute atomic E-state index is 10.6. The summed E-state index contributed by atoms with van der Waals surface area (Å²) in [5.74, 6) is 0.608. The number of rotatable bonds is 6. The Hall–Kier alpha value is -1.62. The molecule has 0 atom stereocenters. The Bertz CT molecular complexity index is 391. The second kappa shape index (κ2) is 6.20. The molecule has 2 N–H and O–H groups in total. The van der Waals surface area contributed by atoms with Crippen LogP contribution in [-0.2, 0) is 11.3 Å². The second-order valence-electron chi connectivity index (χ2n) is 4.39. The summed E-state index contributed by atoms with van der Waals surface area (Å²) in [6.45, 7) is 5.39. The maximum Gasteiger partial charge on any atom is 0.292 e. The first kappa shape index (κ1) is 13.4. The van der Waals surface area contributed by atoms with Gasteiger partial charge in [0.25, 0.3) is 5.69 Å². The Kier molecular flexibility index (Phi) is 4.90. The van der Waals surface area contributed by atoms with Crippen LogP contribution in [0.3, 0.4) is 0 Å². The van der Waals surface area contributed by atoms with E-state index in [2.05, 4.69) is 13.8 Å². The molecule has 17 heavy (non-hydrogen) atoms. The van der Waals surface area contributed by atoms with E-state index in [1.807, 2.05) is 0 Å². The molecule has 0 aliphatic carbocycles. The van der Waals surface area contributed by atoms with E-state index >= 15 is 0 Å². The molecular formula is C12H18N2O3. The Balaban J connectivity index is 2.50. The molecule has 1 aromatic rings. The van der Waals surface area contributed by atoms with Gasteiger partial charge in [0, 0.05) is 12.7 Å². The number of hydrogen-bond donors (Lipinski definition) is 1. The first-order valence-corrected chi connectivity index (χ1v) is 5.61. The molecular weight excluding hydrogens is 220 g/mol. The van der Waals surface area contributed by atoms with Gasteiger partial charge >= 0.3 is 0 Å². The van der Waals surface area contributed by atoms with Gasteiger partial charge in [0.05, 0.1) is 11.5 Å². The van der Waals surface area contributed by atoms with Crippen LogP contribution in [0, 0.1) is 16.0 Å². The van der Waals surface area contributed by atoms with E-state index in [0.29, 0.717) is 19.1 Å². The minimum atomic E-state index is -0.487. The first-order valence-electron chi connectivity index (χ1n) is 5.61. The van der Waals surface area contributed by atoms with Crippen LogP contribution < -0.4 is 5.73 Å². The van der Waals surface area contributed by atoms with Crippen molar-refractivity contribution in [3.63, 3.8) is 0 Å². The van der Waals surface area contributed by atoms with E-state index in [9.17, 15) is 10.1 Å². The first-order chi connectivity index (χ1) is 8.00. The van der Waals surface area contributed by atoms with Crippen molar-refractivity contribution in [2.75, 3.05) is 12.3 Å². The zero-order valence-electron chi connectivity index (χ0n) is 10.2. The van der Waals surface area contributed by atoms with E-state index < -0.39 is 4.92 Å². The van der Waals surface area contributed by atoms with Gasteiger partial charge in [-0.1, -0.05) is 13.8 Å². The largest absolute Gasteiger partial charge is 0.393 e. The van der Waals surface area contributed by atoms with Crippen LogP contribution in [0.4, 0.5) is 11.4 Å². The Labute approximate surface area is 101 Å². The number of nitrogen functional groups attached to an aromatic ring is 1. The van der Waals surface area contributed by atoms with Crippen LogP contribution in [0.2, 0.25) is 0 Å². The van der Waals surface area contributed by atoms with Crippen LogP contribution in [0.1, 0.15) is 25.8 Å². The molecule has 0 amide bonds. The van der Waals surface area contributed by atoms with Crippen LogP contribution in [-0.4, -0.2) is 11.5 Å². The summed E-state index contributed by atoms with van der Waals surface area (Å²) in [4.78, 5) is 10.1. The number of anilines is 1. The summed E-state index contributed by atoms with van der Waals surface area (Å²) in [6.07, 6.45) is 1.00. The van der Waals surface area contributed by atoms with Crippen molar-refractivity contribution in [3.8, 4) is 0 Å². The summed E-state index contributed by atoms with van der Waals surface area (Å²) in [6, 6.07) is 4.67. The molecule has 5 nitrogen and oxygen atoms in total. The lowest BCUT2D eigenvalue weighted by Crippen LogP contribution is -2.01. The minimum Gasteiger partial charge on any atom is -0.393 e. The second-order valence-corrected chi connectivity index (χ2v) is 4.39. The number of benzene rings is 1. The van der Waals surface area contributed by atoms with Gasteiger partial charge in [-0.2, -0.15) is 0 Å². The predicted octanol–water partition coefficient (Wildman–Crippen LogP) is 2.74. The highest BCUT2D eigenvalue weighted by molar-refractivity contribution is 5.59. The smallest absolute Gasteiger partial charge is 0.292 e. The van der Waals surface area contributed by atoms with E-state index in [-0.39, 0.29) is 11.4 Å². The number of hydrogen-bond acceptors (Lipinski definition) is 4. The minimum absolute atomic E-state index is 0.0593. The Morgan fingerprint density at radius 2 is 2.18 bits per heavy atom. The topological polar surface area (TPSA) is 78.4 Å². The van der Waals surface area contributed by atoms with Crippen molar-refractivity contribution < 1.29 is 9.66 Å². The average molecular weight is 238 g/mol. The highest BCUT2D eigenvalue weighted by Crippen LogP contribution is 2.22. The highest BCUT2D eigenvalue weighted by Gasteiger charge is 2.10. The van der Waals surface area contributed by atoms with Crippen molar-refractivity contribution in [3.05, 3.63) is 33.9 Å². The standard InChI is InChI=1S/C12H18N2O3/c1-9(2)5-6-17-8-10-3-4-12(14(15)16)11(13)7-10/h3-4,7,9H,5-6,8,13H2,1-2H3. The van der Waals surface area contributed by atoms with Gasteiger partial charge in [-0.25, -0.2) is 0 Å². The van der Waals surface area contributed by atoms with E-state index in [1.54, 1.807) is 12.1 Å². The third-order valence-corrected chi connectivity index (χ3v) is 2.40. The van der Waals surface area contributed by atoms with Crippen molar-refractivity contribution >= 4 is 11.4 Å². The normalized spacial score (nSPS) is 10.8. The van der Waals surface area contributed by atoms with Gasteiger partial charge in [-0.05, 0) is 30.0 Å². The number of nitro groups is 1. The number of ether oxygens (including phenoxy) is 1. The molecule has 0 aromatic heterocycles. The number of nitrogens with two attached hydrogens (primary N) is 1. The molecule has 0 saturated heterocycles. The fourth-order valence-corrected chi connectivity index (χ4v) is 1.37. The molecule has 0 fully saturated rings. The number of nitrogens with zero attached hydrogens (tertiary/aromatic N) is 1. The molecule has 1 rings (SSSR count). The van der Waals surface area contributed by atoms with Crippen molar-refractivity contribution in [2.24, 2.45) is 5.92 Å². The van der Waals surface area contributed by atoms with Crippen molar-refractivity contribution in [2.45, 2.75) is 26.9 Å². The van der Waals surface area contributed by atoms with Gasteiger partial charge in [0.2, 0.25) is 0 Å². The molecule has 0 unspecified atom stereocenters. The molecule has 0 heterocycles. The highest BCUT2D eigenvalue weighted by atomic mass is 16.6. The fraction of sp³-hybridized carbons (Fsp3) is 0.500. The lowest BCUT2D eigenvalue weighted by molar-refractivity contribution is -0.383. The van der Waals surface area contributed by atoms with E-state index in [4.69, 9.17) is 10.5 Å². The van der Waals surface area contributed by atoms with Gasteiger partial charge in [0.15, 0.2) is 0 Å². The van der Waals surface area contributed by atoms with Gasteiger partial charge in [-0.3, -0.25) is 10.1 Å². The third-order valence-electron chi connectivity index (χ3n) is 2.40. The third kappa shape index (κ3) is 4.40. The molecule has 0 spiro atoms. The maximum atomic E-state index is 10.6. The van der Waals surface area contributed by atoms with E-state index in [1.165, 1.54) is 6.07 Å². The van der Waals surface area contributed by atoms with E-state index in [0.717, 1.165) is 12.0 Å². The lowest BCUT2D eigenvalue weighted by atomic mass is 10.1. The van der Waals surface area contributed by atoms with Gasteiger partial charge in [0.1, 0.15) is 5.69 Å². The molecule has 5 heteroatoms. The SMILES string of the molecule is CC(C)CCOCc1ccc([N+](=O)[O-])c(N)c1. The van der Waals surface area contributed by atoms with Crippen molar-refractivity contribution in [1.82, 2.24) is 0 Å². The summed E-state index contributed by atoms with van der Waals surface area (Å²) in [5, 5.41) is 10.6. The molecule has 0 aliphatic rings. The molecule has 0 bridgehead atoms. The summed E-state index contributed by atoms with van der Waals surface area (Å²) in [7, 11) is 0. The summed E-state index contributed by atoms with van der Waals surface area (Å²) in [5.41, 5.74) is 6.56. The quantitative estimate of drug-likeness (QED) is 0.357. The Morgan fingerprint density at radius 1 is 1.47 bits per heavy atom. The summed E-state index contributed by atoms with van der Waals surface area (Å²) < 4.78 is 5.46.